The second-order valence-corrected chi connectivity index (χ2v) is 5.56. The van der Waals surface area contributed by atoms with Crippen LogP contribution < -0.4 is 0 Å². The molecule has 1 aromatic carbocycles. The predicted molar refractivity (Wildman–Crippen MR) is 77.1 cm³/mol. The molecule has 0 spiro atoms. The molecule has 1 heteroatoms. The van der Waals surface area contributed by atoms with E-state index in [1.807, 2.05) is 0 Å². The lowest BCUT2D eigenvalue weighted by molar-refractivity contribution is 0.677. The van der Waals surface area contributed by atoms with Crippen LogP contribution >= 0.6 is 0 Å². The molecule has 1 heterocycles. The summed E-state index contributed by atoms with van der Waals surface area (Å²) in [5, 5.41) is 0. The highest BCUT2D eigenvalue weighted by Crippen LogP contribution is 2.37. The number of aromatic amines is 1. The van der Waals surface area contributed by atoms with Crippen molar-refractivity contribution in [1.82, 2.24) is 4.98 Å². The number of H-pyrrole nitrogens is 1. The Morgan fingerprint density at radius 3 is 2.28 bits per heavy atom. The third-order valence-electron chi connectivity index (χ3n) is 4.21. The summed E-state index contributed by atoms with van der Waals surface area (Å²) in [7, 11) is 0. The first-order valence-electron chi connectivity index (χ1n) is 6.95. The van der Waals surface area contributed by atoms with Gasteiger partial charge in [0.25, 0.3) is 0 Å². The monoisotopic (exact) mass is 239 g/mol. The number of aryl methyl sites for hydroxylation is 4. The molecular weight excluding hydrogens is 218 g/mol. The second kappa shape index (κ2) is 4.31. The Kier molecular flexibility index (Phi) is 2.77. The van der Waals surface area contributed by atoms with Gasteiger partial charge in [-0.25, -0.2) is 0 Å². The van der Waals surface area contributed by atoms with E-state index in [2.05, 4.69) is 44.0 Å². The van der Waals surface area contributed by atoms with Crippen molar-refractivity contribution < 1.29 is 0 Å². The summed E-state index contributed by atoms with van der Waals surface area (Å²) >= 11 is 0. The Morgan fingerprint density at radius 2 is 1.56 bits per heavy atom. The number of aromatic nitrogens is 1. The summed E-state index contributed by atoms with van der Waals surface area (Å²) in [4.78, 5) is 3.62. The molecule has 0 saturated carbocycles. The average molecular weight is 239 g/mol. The SMILES string of the molecule is Cc1cccc(C)c1-c1c(C)[nH]c2c1CCCC2. The second-order valence-electron chi connectivity index (χ2n) is 5.56. The molecule has 1 nitrogen and oxygen atoms in total. The van der Waals surface area contributed by atoms with E-state index in [-0.39, 0.29) is 0 Å². The van der Waals surface area contributed by atoms with Crippen LogP contribution in [-0.2, 0) is 12.8 Å². The lowest BCUT2D eigenvalue weighted by Gasteiger charge is -2.16. The van der Waals surface area contributed by atoms with Crippen LogP contribution in [0.2, 0.25) is 0 Å². The zero-order chi connectivity index (χ0) is 12.7. The van der Waals surface area contributed by atoms with Crippen molar-refractivity contribution in [2.24, 2.45) is 0 Å². The first-order chi connectivity index (χ1) is 8.68. The number of rotatable bonds is 1. The number of hydrogen-bond donors (Lipinski definition) is 1. The maximum atomic E-state index is 3.62. The van der Waals surface area contributed by atoms with Crippen molar-refractivity contribution in [2.75, 3.05) is 0 Å². The third kappa shape index (κ3) is 1.69. The van der Waals surface area contributed by atoms with Crippen LogP contribution in [0.3, 0.4) is 0 Å². The quantitative estimate of drug-likeness (QED) is 0.755. The lowest BCUT2D eigenvalue weighted by Crippen LogP contribution is -2.01. The molecule has 1 aliphatic carbocycles. The Labute approximate surface area is 109 Å². The van der Waals surface area contributed by atoms with Crippen LogP contribution in [0.1, 0.15) is 40.9 Å². The summed E-state index contributed by atoms with van der Waals surface area (Å²) in [6.45, 7) is 6.67. The van der Waals surface area contributed by atoms with Gasteiger partial charge in [-0.05, 0) is 68.7 Å². The minimum absolute atomic E-state index is 1.22. The van der Waals surface area contributed by atoms with Crippen molar-refractivity contribution in [1.29, 1.82) is 0 Å². The Bertz CT molecular complexity index is 570. The van der Waals surface area contributed by atoms with E-state index >= 15 is 0 Å². The summed E-state index contributed by atoms with van der Waals surface area (Å²) in [6.07, 6.45) is 5.13. The van der Waals surface area contributed by atoms with Crippen LogP contribution in [-0.4, -0.2) is 4.98 Å². The molecule has 0 amide bonds. The van der Waals surface area contributed by atoms with E-state index in [4.69, 9.17) is 0 Å². The zero-order valence-corrected chi connectivity index (χ0v) is 11.6. The smallest absolute Gasteiger partial charge is 0.0200 e. The summed E-state index contributed by atoms with van der Waals surface area (Å²) in [5.74, 6) is 0. The van der Waals surface area contributed by atoms with Crippen molar-refractivity contribution in [2.45, 2.75) is 46.5 Å². The molecule has 3 rings (SSSR count). The fourth-order valence-electron chi connectivity index (χ4n) is 3.38. The van der Waals surface area contributed by atoms with E-state index in [0.717, 1.165) is 0 Å². The highest BCUT2D eigenvalue weighted by Gasteiger charge is 2.20. The third-order valence-corrected chi connectivity index (χ3v) is 4.21. The molecule has 0 unspecified atom stereocenters. The van der Waals surface area contributed by atoms with E-state index in [1.165, 1.54) is 59.3 Å². The van der Waals surface area contributed by atoms with Gasteiger partial charge in [0.15, 0.2) is 0 Å². The number of fused-ring (bicyclic) bond motifs is 1. The summed E-state index contributed by atoms with van der Waals surface area (Å²) < 4.78 is 0. The van der Waals surface area contributed by atoms with Gasteiger partial charge >= 0.3 is 0 Å². The van der Waals surface area contributed by atoms with E-state index in [9.17, 15) is 0 Å². The highest BCUT2D eigenvalue weighted by molar-refractivity contribution is 5.77. The van der Waals surface area contributed by atoms with Crippen molar-refractivity contribution in [3.8, 4) is 11.1 Å². The van der Waals surface area contributed by atoms with E-state index in [0.29, 0.717) is 0 Å². The molecule has 0 aliphatic heterocycles. The number of benzene rings is 1. The first-order valence-corrected chi connectivity index (χ1v) is 6.95. The van der Waals surface area contributed by atoms with Gasteiger partial charge in [-0.3, -0.25) is 0 Å². The topological polar surface area (TPSA) is 15.8 Å². The maximum Gasteiger partial charge on any atom is 0.0200 e. The van der Waals surface area contributed by atoms with Crippen LogP contribution in [0.5, 0.6) is 0 Å². The van der Waals surface area contributed by atoms with Crippen molar-refractivity contribution in [3.63, 3.8) is 0 Å². The van der Waals surface area contributed by atoms with Crippen LogP contribution in [0, 0.1) is 20.8 Å². The molecule has 1 N–H and O–H groups in total. The Morgan fingerprint density at radius 1 is 0.889 bits per heavy atom. The fraction of sp³-hybridized carbons (Fsp3) is 0.412. The molecule has 94 valence electrons. The largest absolute Gasteiger partial charge is 0.362 e. The molecule has 0 atom stereocenters. The fourth-order valence-corrected chi connectivity index (χ4v) is 3.38. The van der Waals surface area contributed by atoms with Gasteiger partial charge in [-0.15, -0.1) is 0 Å². The molecule has 1 aromatic heterocycles. The normalized spacial score (nSPS) is 14.6. The molecule has 18 heavy (non-hydrogen) atoms. The minimum atomic E-state index is 1.22. The van der Waals surface area contributed by atoms with Crippen LogP contribution in [0.25, 0.3) is 11.1 Å². The number of nitrogens with one attached hydrogen (secondary N) is 1. The molecule has 0 bridgehead atoms. The molecule has 0 fully saturated rings. The van der Waals surface area contributed by atoms with E-state index in [1.54, 1.807) is 5.56 Å². The Balaban J connectivity index is 2.26. The lowest BCUT2D eigenvalue weighted by atomic mass is 9.88. The number of hydrogen-bond acceptors (Lipinski definition) is 0. The van der Waals surface area contributed by atoms with Gasteiger partial charge in [-0.1, -0.05) is 18.2 Å². The average Bonchev–Trinajstić information content (AvgIpc) is 2.66. The highest BCUT2D eigenvalue weighted by atomic mass is 14.7. The van der Waals surface area contributed by atoms with Crippen LogP contribution in [0.4, 0.5) is 0 Å². The predicted octanol–water partition coefficient (Wildman–Crippen LogP) is 4.49. The van der Waals surface area contributed by atoms with Gasteiger partial charge in [-0.2, -0.15) is 0 Å². The molecule has 0 radical (unpaired) electrons. The van der Waals surface area contributed by atoms with Gasteiger partial charge in [0.05, 0.1) is 0 Å². The first kappa shape index (κ1) is 11.6. The molecular formula is C17H21N. The molecule has 1 aliphatic rings. The Hall–Kier alpha value is -1.50. The summed E-state index contributed by atoms with van der Waals surface area (Å²) in [6, 6.07) is 6.61. The standard InChI is InChI=1S/C17H21N/c1-11-7-6-8-12(2)16(11)17-13(3)18-15-10-5-4-9-14(15)17/h6-8,18H,4-5,9-10H2,1-3H3. The van der Waals surface area contributed by atoms with Gasteiger partial charge in [0, 0.05) is 17.0 Å². The zero-order valence-electron chi connectivity index (χ0n) is 11.6. The van der Waals surface area contributed by atoms with E-state index < -0.39 is 0 Å². The summed E-state index contributed by atoms with van der Waals surface area (Å²) in [5.41, 5.74) is 10.1. The van der Waals surface area contributed by atoms with Gasteiger partial charge < -0.3 is 4.98 Å². The van der Waals surface area contributed by atoms with Gasteiger partial charge in [0.1, 0.15) is 0 Å². The molecule has 2 aromatic rings. The molecule has 0 saturated heterocycles. The van der Waals surface area contributed by atoms with Crippen molar-refractivity contribution >= 4 is 0 Å². The minimum Gasteiger partial charge on any atom is -0.362 e. The maximum absolute atomic E-state index is 3.62. The van der Waals surface area contributed by atoms with Crippen LogP contribution in [0.15, 0.2) is 18.2 Å². The van der Waals surface area contributed by atoms with Crippen molar-refractivity contribution in [3.05, 3.63) is 46.3 Å². The van der Waals surface area contributed by atoms with Gasteiger partial charge in [0.2, 0.25) is 0 Å².